The topological polar surface area (TPSA) is 124 Å². The summed E-state index contributed by atoms with van der Waals surface area (Å²) >= 11 is 6.01. The molecule has 2 N–H and O–H groups in total. The summed E-state index contributed by atoms with van der Waals surface area (Å²) in [4.78, 5) is 23.0. The summed E-state index contributed by atoms with van der Waals surface area (Å²) in [5, 5.41) is 17.6. The van der Waals surface area contributed by atoms with Gasteiger partial charge in [0.15, 0.2) is 5.15 Å². The third-order valence-electron chi connectivity index (χ3n) is 3.68. The van der Waals surface area contributed by atoms with E-state index in [2.05, 4.69) is 25.6 Å². The molecular formula is C17H15ClN6O4. The largest absolute Gasteiger partial charge is 0.497 e. The Morgan fingerprint density at radius 1 is 1.04 bits per heavy atom. The zero-order chi connectivity index (χ0) is 20.1. The van der Waals surface area contributed by atoms with Gasteiger partial charge < -0.3 is 20.1 Å². The first-order valence-electron chi connectivity index (χ1n) is 7.89. The molecule has 0 aliphatic rings. The number of methoxy groups -OCH3 is 2. The maximum absolute atomic E-state index is 11.7. The monoisotopic (exact) mass is 402 g/mol. The van der Waals surface area contributed by atoms with E-state index in [1.54, 1.807) is 30.3 Å². The highest BCUT2D eigenvalue weighted by Gasteiger charge is 2.24. The molecule has 0 saturated heterocycles. The highest BCUT2D eigenvalue weighted by molar-refractivity contribution is 6.32. The van der Waals surface area contributed by atoms with Gasteiger partial charge in [0.1, 0.15) is 17.8 Å². The number of aromatic nitrogens is 3. The van der Waals surface area contributed by atoms with Crippen molar-refractivity contribution in [3.63, 3.8) is 0 Å². The molecule has 1 aromatic carbocycles. The van der Waals surface area contributed by atoms with Gasteiger partial charge in [0.05, 0.1) is 30.5 Å². The molecule has 2 heterocycles. The second-order valence-corrected chi connectivity index (χ2v) is 5.69. The number of nitro groups is 1. The van der Waals surface area contributed by atoms with E-state index < -0.39 is 4.92 Å². The molecule has 0 radical (unpaired) electrons. The van der Waals surface area contributed by atoms with Crippen molar-refractivity contribution in [2.24, 2.45) is 0 Å². The Bertz CT molecular complexity index is 1020. The Hall–Kier alpha value is -3.66. The average molecular weight is 403 g/mol. The van der Waals surface area contributed by atoms with Crippen LogP contribution >= 0.6 is 11.6 Å². The molecule has 0 amide bonds. The Kier molecular flexibility index (Phi) is 5.70. The van der Waals surface area contributed by atoms with E-state index in [9.17, 15) is 10.1 Å². The van der Waals surface area contributed by atoms with Crippen LogP contribution in [0.3, 0.4) is 0 Å². The Morgan fingerprint density at radius 3 is 2.36 bits per heavy atom. The normalized spacial score (nSPS) is 10.2. The van der Waals surface area contributed by atoms with E-state index in [0.29, 0.717) is 22.9 Å². The minimum Gasteiger partial charge on any atom is -0.497 e. The number of anilines is 4. The van der Waals surface area contributed by atoms with Crippen LogP contribution < -0.4 is 20.1 Å². The third-order valence-corrected chi connectivity index (χ3v) is 3.98. The smallest absolute Gasteiger partial charge is 0.353 e. The molecular weight excluding hydrogens is 388 g/mol. The maximum atomic E-state index is 11.7. The van der Waals surface area contributed by atoms with E-state index in [-0.39, 0.29) is 22.5 Å². The molecule has 0 spiro atoms. The second-order valence-electron chi connectivity index (χ2n) is 5.33. The molecule has 3 rings (SSSR count). The Morgan fingerprint density at radius 2 is 1.75 bits per heavy atom. The fourth-order valence-electron chi connectivity index (χ4n) is 2.37. The molecule has 0 saturated carbocycles. The summed E-state index contributed by atoms with van der Waals surface area (Å²) in [5.41, 5.74) is 0.481. The van der Waals surface area contributed by atoms with Crippen LogP contribution in [0, 0.1) is 10.1 Å². The maximum Gasteiger partial charge on any atom is 0.353 e. The standard InChI is InChI=1S/C17H15ClN6O4/c1-27-10-5-6-11(13(8-10)28-2)22-16-14(24(25)26)17(21-9-20-16)23-12-4-3-7-19-15(12)18/h3-9H,1-2H3,(H2,20,21,22,23). The lowest BCUT2D eigenvalue weighted by atomic mass is 10.2. The van der Waals surface area contributed by atoms with Crippen molar-refractivity contribution in [3.05, 3.63) is 58.1 Å². The van der Waals surface area contributed by atoms with Gasteiger partial charge in [0, 0.05) is 12.3 Å². The van der Waals surface area contributed by atoms with Gasteiger partial charge in [-0.3, -0.25) is 10.1 Å². The quantitative estimate of drug-likeness (QED) is 0.343. The molecule has 3 aromatic rings. The molecule has 0 bridgehead atoms. The zero-order valence-corrected chi connectivity index (χ0v) is 15.6. The summed E-state index contributed by atoms with van der Waals surface area (Å²) < 4.78 is 10.5. The fourth-order valence-corrected chi connectivity index (χ4v) is 2.54. The first-order chi connectivity index (χ1) is 13.5. The van der Waals surface area contributed by atoms with Crippen molar-refractivity contribution in [3.8, 4) is 11.5 Å². The summed E-state index contributed by atoms with van der Waals surface area (Å²) in [6, 6.07) is 8.26. The first kappa shape index (κ1) is 19.1. The molecule has 0 atom stereocenters. The van der Waals surface area contributed by atoms with E-state index in [1.807, 2.05) is 0 Å². The molecule has 0 aliphatic heterocycles. The van der Waals surface area contributed by atoms with Crippen LogP contribution in [0.4, 0.5) is 28.7 Å². The lowest BCUT2D eigenvalue weighted by molar-refractivity contribution is -0.383. The molecule has 2 aromatic heterocycles. The number of rotatable bonds is 7. The van der Waals surface area contributed by atoms with Gasteiger partial charge in [-0.2, -0.15) is 0 Å². The van der Waals surface area contributed by atoms with Gasteiger partial charge in [-0.1, -0.05) is 11.6 Å². The Labute approximate surface area is 164 Å². The van der Waals surface area contributed by atoms with E-state index in [0.717, 1.165) is 0 Å². The number of hydrogen-bond acceptors (Lipinski definition) is 9. The number of halogens is 1. The second kappa shape index (κ2) is 8.35. The number of hydrogen-bond donors (Lipinski definition) is 2. The third kappa shape index (κ3) is 4.01. The fraction of sp³-hybridized carbons (Fsp3) is 0.118. The molecule has 10 nitrogen and oxygen atoms in total. The zero-order valence-electron chi connectivity index (χ0n) is 14.8. The van der Waals surface area contributed by atoms with Gasteiger partial charge in [-0.15, -0.1) is 0 Å². The molecule has 0 unspecified atom stereocenters. The first-order valence-corrected chi connectivity index (χ1v) is 8.27. The highest BCUT2D eigenvalue weighted by Crippen LogP contribution is 2.37. The van der Waals surface area contributed by atoms with E-state index >= 15 is 0 Å². The van der Waals surface area contributed by atoms with Gasteiger partial charge in [0.2, 0.25) is 11.6 Å². The SMILES string of the molecule is COc1ccc(Nc2ncnc(Nc3cccnc3Cl)c2[N+](=O)[O-])c(OC)c1. The van der Waals surface area contributed by atoms with Crippen LogP contribution in [0.5, 0.6) is 11.5 Å². The molecule has 0 fully saturated rings. The van der Waals surface area contributed by atoms with E-state index in [4.69, 9.17) is 21.1 Å². The number of nitrogens with one attached hydrogen (secondary N) is 2. The average Bonchev–Trinajstić information content (AvgIpc) is 2.70. The van der Waals surface area contributed by atoms with Crippen molar-refractivity contribution in [2.75, 3.05) is 24.9 Å². The molecule has 144 valence electrons. The minimum atomic E-state index is -0.592. The van der Waals surface area contributed by atoms with Crippen molar-refractivity contribution in [2.45, 2.75) is 0 Å². The molecule has 11 heteroatoms. The van der Waals surface area contributed by atoms with Crippen LogP contribution in [0.15, 0.2) is 42.9 Å². The van der Waals surface area contributed by atoms with Crippen molar-refractivity contribution in [1.29, 1.82) is 0 Å². The Balaban J connectivity index is 2.01. The van der Waals surface area contributed by atoms with Crippen LogP contribution in [0.2, 0.25) is 5.15 Å². The van der Waals surface area contributed by atoms with Crippen LogP contribution in [-0.2, 0) is 0 Å². The van der Waals surface area contributed by atoms with Crippen LogP contribution in [0.1, 0.15) is 0 Å². The summed E-state index contributed by atoms with van der Waals surface area (Å²) in [5.74, 6) is 0.945. The predicted octanol–water partition coefficient (Wildman–Crippen LogP) is 3.94. The predicted molar refractivity (Wildman–Crippen MR) is 104 cm³/mol. The van der Waals surface area contributed by atoms with Crippen LogP contribution in [-0.4, -0.2) is 34.1 Å². The summed E-state index contributed by atoms with van der Waals surface area (Å²) in [6.07, 6.45) is 2.70. The lowest BCUT2D eigenvalue weighted by Crippen LogP contribution is -2.06. The lowest BCUT2D eigenvalue weighted by Gasteiger charge is -2.13. The van der Waals surface area contributed by atoms with Crippen molar-refractivity contribution >= 4 is 40.3 Å². The van der Waals surface area contributed by atoms with E-state index in [1.165, 1.54) is 26.7 Å². The number of benzene rings is 1. The minimum absolute atomic E-state index is 0.0222. The number of pyridine rings is 1. The highest BCUT2D eigenvalue weighted by atomic mass is 35.5. The summed E-state index contributed by atoms with van der Waals surface area (Å²) in [7, 11) is 3.00. The summed E-state index contributed by atoms with van der Waals surface area (Å²) in [6.45, 7) is 0. The number of nitrogens with zero attached hydrogens (tertiary/aromatic N) is 4. The van der Waals surface area contributed by atoms with Crippen molar-refractivity contribution < 1.29 is 14.4 Å². The number of ether oxygens (including phenoxy) is 2. The van der Waals surface area contributed by atoms with Crippen LogP contribution in [0.25, 0.3) is 0 Å². The van der Waals surface area contributed by atoms with Crippen molar-refractivity contribution in [1.82, 2.24) is 15.0 Å². The molecule has 28 heavy (non-hydrogen) atoms. The molecule has 0 aliphatic carbocycles. The van der Waals surface area contributed by atoms with Gasteiger partial charge in [-0.05, 0) is 24.3 Å². The van der Waals surface area contributed by atoms with Gasteiger partial charge in [0.25, 0.3) is 0 Å². The van der Waals surface area contributed by atoms with Gasteiger partial charge >= 0.3 is 5.69 Å². The van der Waals surface area contributed by atoms with Gasteiger partial charge in [-0.25, -0.2) is 15.0 Å².